The van der Waals surface area contributed by atoms with Gasteiger partial charge in [-0.3, -0.25) is 4.98 Å². The maximum atomic E-state index is 13.5. The Bertz CT molecular complexity index is 642. The summed E-state index contributed by atoms with van der Waals surface area (Å²) in [6.45, 7) is 5.68. The van der Waals surface area contributed by atoms with E-state index in [1.165, 1.54) is 6.07 Å². The van der Waals surface area contributed by atoms with Gasteiger partial charge in [-0.2, -0.15) is 0 Å². The van der Waals surface area contributed by atoms with Gasteiger partial charge >= 0.3 is 0 Å². The summed E-state index contributed by atoms with van der Waals surface area (Å²) in [6, 6.07) is 5.33. The molecule has 110 valence electrons. The Morgan fingerprint density at radius 1 is 1.33 bits per heavy atom. The molecule has 2 aromatic rings. The van der Waals surface area contributed by atoms with Gasteiger partial charge in [0, 0.05) is 31.0 Å². The normalized spacial score (nSPS) is 13.8. The molecule has 0 radical (unpaired) electrons. The number of benzene rings is 1. The fraction of sp³-hybridized carbons (Fsp3) is 0.375. The summed E-state index contributed by atoms with van der Waals surface area (Å²) in [7, 11) is 0. The van der Waals surface area contributed by atoms with E-state index < -0.39 is 0 Å². The maximum absolute atomic E-state index is 13.5. The van der Waals surface area contributed by atoms with Gasteiger partial charge in [-0.1, -0.05) is 19.9 Å². The van der Waals surface area contributed by atoms with Crippen LogP contribution in [0.3, 0.4) is 0 Å². The predicted octanol–water partition coefficient (Wildman–Crippen LogP) is 2.81. The minimum atomic E-state index is -0.216. The molecule has 1 aliphatic rings. The van der Waals surface area contributed by atoms with Crippen LogP contribution in [0.1, 0.15) is 25.1 Å². The largest absolute Gasteiger partial charge is 0.324 e. The van der Waals surface area contributed by atoms with Crippen molar-refractivity contribution < 1.29 is 4.39 Å². The molecule has 4 nitrogen and oxygen atoms in total. The SMILES string of the molecule is CC(C)NCc1cncc(N2CCc3ccc(F)cc32)n1. The van der Waals surface area contributed by atoms with Crippen LogP contribution >= 0.6 is 0 Å². The molecule has 0 saturated carbocycles. The number of aromatic nitrogens is 2. The number of nitrogens with zero attached hydrogens (tertiary/aromatic N) is 3. The molecule has 0 bridgehead atoms. The van der Waals surface area contributed by atoms with Crippen molar-refractivity contribution >= 4 is 11.5 Å². The van der Waals surface area contributed by atoms with Gasteiger partial charge in [0.15, 0.2) is 5.82 Å². The minimum Gasteiger partial charge on any atom is -0.324 e. The van der Waals surface area contributed by atoms with E-state index in [2.05, 4.69) is 29.1 Å². The molecule has 0 fully saturated rings. The Labute approximate surface area is 124 Å². The zero-order valence-corrected chi connectivity index (χ0v) is 12.3. The van der Waals surface area contributed by atoms with Crippen molar-refractivity contribution in [3.63, 3.8) is 0 Å². The number of nitrogens with one attached hydrogen (secondary N) is 1. The quantitative estimate of drug-likeness (QED) is 0.938. The van der Waals surface area contributed by atoms with E-state index >= 15 is 0 Å². The third kappa shape index (κ3) is 3.03. The van der Waals surface area contributed by atoms with Gasteiger partial charge in [0.25, 0.3) is 0 Å². The van der Waals surface area contributed by atoms with Crippen molar-refractivity contribution in [1.29, 1.82) is 0 Å². The third-order valence-corrected chi connectivity index (χ3v) is 3.58. The first kappa shape index (κ1) is 13.9. The average molecular weight is 286 g/mol. The Morgan fingerprint density at radius 3 is 3.00 bits per heavy atom. The molecular formula is C16H19FN4. The summed E-state index contributed by atoms with van der Waals surface area (Å²) in [5, 5.41) is 3.33. The van der Waals surface area contributed by atoms with Crippen molar-refractivity contribution in [2.45, 2.75) is 32.9 Å². The van der Waals surface area contributed by atoms with Gasteiger partial charge in [-0.15, -0.1) is 0 Å². The van der Waals surface area contributed by atoms with E-state index in [9.17, 15) is 4.39 Å². The smallest absolute Gasteiger partial charge is 0.151 e. The lowest BCUT2D eigenvalue weighted by Crippen LogP contribution is -2.23. The number of fused-ring (bicyclic) bond motifs is 1. The number of hydrogen-bond acceptors (Lipinski definition) is 4. The van der Waals surface area contributed by atoms with Crippen molar-refractivity contribution in [2.24, 2.45) is 0 Å². The Balaban J connectivity index is 1.86. The molecule has 5 heteroatoms. The van der Waals surface area contributed by atoms with Gasteiger partial charge in [-0.05, 0) is 24.1 Å². The first-order valence-electron chi connectivity index (χ1n) is 7.24. The monoisotopic (exact) mass is 286 g/mol. The number of halogens is 1. The summed E-state index contributed by atoms with van der Waals surface area (Å²) in [5.41, 5.74) is 2.95. The lowest BCUT2D eigenvalue weighted by atomic mass is 10.2. The first-order valence-corrected chi connectivity index (χ1v) is 7.24. The highest BCUT2D eigenvalue weighted by atomic mass is 19.1. The van der Waals surface area contributed by atoms with Crippen molar-refractivity contribution in [3.05, 3.63) is 47.7 Å². The zero-order valence-electron chi connectivity index (χ0n) is 12.3. The fourth-order valence-electron chi connectivity index (χ4n) is 2.51. The van der Waals surface area contributed by atoms with Gasteiger partial charge in [0.05, 0.1) is 11.9 Å². The second kappa shape index (κ2) is 5.77. The highest BCUT2D eigenvalue weighted by Crippen LogP contribution is 2.33. The van der Waals surface area contributed by atoms with E-state index in [1.54, 1.807) is 18.5 Å². The summed E-state index contributed by atoms with van der Waals surface area (Å²) in [4.78, 5) is 10.9. The Kier molecular flexibility index (Phi) is 3.84. The summed E-state index contributed by atoms with van der Waals surface area (Å²) in [5.74, 6) is 0.564. The molecule has 0 aliphatic carbocycles. The number of rotatable bonds is 4. The molecule has 1 aliphatic heterocycles. The van der Waals surface area contributed by atoms with Gasteiger partial charge in [0.2, 0.25) is 0 Å². The lowest BCUT2D eigenvalue weighted by Gasteiger charge is -2.19. The lowest BCUT2D eigenvalue weighted by molar-refractivity contribution is 0.580. The molecular weight excluding hydrogens is 267 g/mol. The van der Waals surface area contributed by atoms with Crippen LogP contribution in [0.5, 0.6) is 0 Å². The minimum absolute atomic E-state index is 0.216. The molecule has 1 N–H and O–H groups in total. The van der Waals surface area contributed by atoms with Gasteiger partial charge in [0.1, 0.15) is 5.82 Å². The molecule has 1 aromatic carbocycles. The summed E-state index contributed by atoms with van der Waals surface area (Å²) >= 11 is 0. The highest BCUT2D eigenvalue weighted by Gasteiger charge is 2.22. The summed E-state index contributed by atoms with van der Waals surface area (Å²) < 4.78 is 13.5. The van der Waals surface area contributed by atoms with Gasteiger partial charge in [-0.25, -0.2) is 9.37 Å². The van der Waals surface area contributed by atoms with Crippen LogP contribution in [0.4, 0.5) is 15.9 Å². The van der Waals surface area contributed by atoms with Crippen LogP contribution in [0, 0.1) is 5.82 Å². The third-order valence-electron chi connectivity index (χ3n) is 3.58. The molecule has 3 rings (SSSR count). The molecule has 1 aromatic heterocycles. The maximum Gasteiger partial charge on any atom is 0.151 e. The average Bonchev–Trinajstić information content (AvgIpc) is 2.88. The van der Waals surface area contributed by atoms with Crippen molar-refractivity contribution in [1.82, 2.24) is 15.3 Å². The molecule has 0 atom stereocenters. The standard InChI is InChI=1S/C16H19FN4/c1-11(2)19-9-14-8-18-10-16(20-14)21-6-5-12-3-4-13(17)7-15(12)21/h3-4,7-8,10-11,19H,5-6,9H2,1-2H3. The molecule has 2 heterocycles. The Morgan fingerprint density at radius 2 is 2.19 bits per heavy atom. The van der Waals surface area contributed by atoms with E-state index in [1.807, 2.05) is 11.0 Å². The van der Waals surface area contributed by atoms with Crippen LogP contribution in [0.25, 0.3) is 0 Å². The molecule has 0 spiro atoms. The molecule has 0 amide bonds. The second-order valence-electron chi connectivity index (χ2n) is 5.58. The van der Waals surface area contributed by atoms with Crippen LogP contribution in [0.15, 0.2) is 30.6 Å². The highest BCUT2D eigenvalue weighted by molar-refractivity contribution is 5.67. The van der Waals surface area contributed by atoms with E-state index in [4.69, 9.17) is 0 Å². The topological polar surface area (TPSA) is 41.1 Å². The Hall–Kier alpha value is -2.01. The van der Waals surface area contributed by atoms with E-state index in [0.717, 1.165) is 35.7 Å². The van der Waals surface area contributed by atoms with Crippen molar-refractivity contribution in [2.75, 3.05) is 11.4 Å². The van der Waals surface area contributed by atoms with Crippen LogP contribution < -0.4 is 10.2 Å². The van der Waals surface area contributed by atoms with E-state index in [0.29, 0.717) is 12.6 Å². The number of anilines is 2. The van der Waals surface area contributed by atoms with E-state index in [-0.39, 0.29) is 5.82 Å². The molecule has 0 unspecified atom stereocenters. The molecule has 0 saturated heterocycles. The first-order chi connectivity index (χ1) is 10.1. The second-order valence-corrected chi connectivity index (χ2v) is 5.58. The van der Waals surface area contributed by atoms with Crippen molar-refractivity contribution in [3.8, 4) is 0 Å². The zero-order chi connectivity index (χ0) is 14.8. The number of hydrogen-bond donors (Lipinski definition) is 1. The van der Waals surface area contributed by atoms with Crippen LogP contribution in [0.2, 0.25) is 0 Å². The van der Waals surface area contributed by atoms with Crippen LogP contribution in [-0.4, -0.2) is 22.6 Å². The summed E-state index contributed by atoms with van der Waals surface area (Å²) in [6.07, 6.45) is 4.41. The fourth-order valence-corrected chi connectivity index (χ4v) is 2.51. The van der Waals surface area contributed by atoms with Gasteiger partial charge < -0.3 is 10.2 Å². The molecule has 21 heavy (non-hydrogen) atoms. The van der Waals surface area contributed by atoms with Crippen LogP contribution in [-0.2, 0) is 13.0 Å². The predicted molar refractivity (Wildman–Crippen MR) is 81.1 cm³/mol.